The predicted octanol–water partition coefficient (Wildman–Crippen LogP) is 5.86. The van der Waals surface area contributed by atoms with E-state index in [9.17, 15) is 14.3 Å². The Labute approximate surface area is 256 Å². The van der Waals surface area contributed by atoms with Crippen LogP contribution in [0.3, 0.4) is 0 Å². The largest absolute Gasteiger partial charge is 0.508 e. The first-order valence-electron chi connectivity index (χ1n) is 15.1. The summed E-state index contributed by atoms with van der Waals surface area (Å²) in [7, 11) is 0. The van der Waals surface area contributed by atoms with Gasteiger partial charge in [0.15, 0.2) is 0 Å². The van der Waals surface area contributed by atoms with E-state index in [0.717, 1.165) is 46.8 Å². The lowest BCUT2D eigenvalue weighted by molar-refractivity contribution is 0.107. The summed E-state index contributed by atoms with van der Waals surface area (Å²) >= 11 is 0. The molecule has 11 heteroatoms. The van der Waals surface area contributed by atoms with Crippen LogP contribution < -0.4 is 15.7 Å². The number of anilines is 1. The number of aromatic amines is 1. The van der Waals surface area contributed by atoms with Crippen LogP contribution in [0.4, 0.5) is 10.2 Å². The lowest BCUT2D eigenvalue weighted by atomic mass is 9.95. The number of H-pyrrole nitrogens is 1. The Bertz CT molecular complexity index is 2160. The summed E-state index contributed by atoms with van der Waals surface area (Å²) in [6.45, 7) is 3.67. The van der Waals surface area contributed by atoms with Crippen LogP contribution >= 0.6 is 0 Å². The number of alkyl halides is 1. The van der Waals surface area contributed by atoms with Crippen LogP contribution in [0.2, 0.25) is 0 Å². The number of fused-ring (bicyclic) bond motifs is 4. The topological polar surface area (TPSA) is 129 Å². The number of aryl methyl sites for hydroxylation is 1. The van der Waals surface area contributed by atoms with Crippen LogP contribution in [0.5, 0.6) is 11.8 Å². The highest BCUT2D eigenvalue weighted by Crippen LogP contribution is 2.41. The second kappa shape index (κ2) is 10.6. The smallest absolute Gasteiger partial charge is 0.349 e. The monoisotopic (exact) mass is 606 g/mol. The number of hydrogen-bond donors (Lipinski definition) is 3. The van der Waals surface area contributed by atoms with Gasteiger partial charge in [0.05, 0.1) is 11.1 Å². The van der Waals surface area contributed by atoms with Gasteiger partial charge in [0.2, 0.25) is 0 Å². The molecule has 2 fully saturated rings. The summed E-state index contributed by atoms with van der Waals surface area (Å²) in [5.41, 5.74) is 2.23. The molecule has 3 N–H and O–H groups in total. The first-order valence-corrected chi connectivity index (χ1v) is 15.1. The van der Waals surface area contributed by atoms with Crippen molar-refractivity contribution >= 4 is 38.5 Å². The van der Waals surface area contributed by atoms with Crippen molar-refractivity contribution in [2.45, 2.75) is 44.4 Å². The first kappa shape index (κ1) is 27.5. The molecule has 2 atom stereocenters. The van der Waals surface area contributed by atoms with Gasteiger partial charge in [0, 0.05) is 48.4 Å². The lowest BCUT2D eigenvalue weighted by Gasteiger charge is -2.30. The predicted molar refractivity (Wildman–Crippen MR) is 169 cm³/mol. The van der Waals surface area contributed by atoms with Gasteiger partial charge in [0.1, 0.15) is 41.1 Å². The number of rotatable bonds is 7. The molecule has 2 aliphatic heterocycles. The molecule has 45 heavy (non-hydrogen) atoms. The number of hydrogen-bond acceptors (Lipinski definition) is 9. The number of halogens is 1. The van der Waals surface area contributed by atoms with E-state index in [2.05, 4.69) is 25.2 Å². The number of aromatic hydroxyl groups is 1. The molecule has 8 rings (SSSR count). The molecule has 0 amide bonds. The number of pyridine rings is 1. The van der Waals surface area contributed by atoms with E-state index in [1.54, 1.807) is 18.3 Å². The van der Waals surface area contributed by atoms with Crippen LogP contribution in [0.25, 0.3) is 44.0 Å². The number of nitrogens with zero attached hydrogens (tertiary/aromatic N) is 4. The quantitative estimate of drug-likeness (QED) is 0.205. The first-order chi connectivity index (χ1) is 21.9. The van der Waals surface area contributed by atoms with E-state index in [0.29, 0.717) is 41.9 Å². The Kier molecular flexibility index (Phi) is 6.45. The summed E-state index contributed by atoms with van der Waals surface area (Å²) in [6, 6.07) is 14.8. The van der Waals surface area contributed by atoms with Gasteiger partial charge in [-0.3, -0.25) is 4.90 Å². The number of ether oxygens (including phenoxy) is 1. The van der Waals surface area contributed by atoms with Crippen molar-refractivity contribution in [1.29, 1.82) is 0 Å². The number of phenolic OH excluding ortho intramolecular Hbond substituents is 1. The number of nitrogens with one attached hydrogen (secondary N) is 2. The SMILES string of the molecule is Cc1c(-c2cc(O)cc3ccccc23)oc(=O)c2c(NCc3c[nH]c4ncccc34)nc(OC[C@@]34CCCN3C[C@H](F)C4)nc12. The van der Waals surface area contributed by atoms with E-state index in [1.807, 2.05) is 49.5 Å². The van der Waals surface area contributed by atoms with Gasteiger partial charge in [-0.15, -0.1) is 0 Å². The molecule has 0 spiro atoms. The van der Waals surface area contributed by atoms with Crippen molar-refractivity contribution in [1.82, 2.24) is 24.8 Å². The molecule has 2 aromatic carbocycles. The maximum Gasteiger partial charge on any atom is 0.349 e. The summed E-state index contributed by atoms with van der Waals surface area (Å²) in [5, 5.41) is 16.6. The Balaban J connectivity index is 1.25. The average molecular weight is 607 g/mol. The van der Waals surface area contributed by atoms with Crippen LogP contribution in [-0.2, 0) is 6.54 Å². The zero-order valence-electron chi connectivity index (χ0n) is 24.6. The summed E-state index contributed by atoms with van der Waals surface area (Å²) in [4.78, 5) is 32.9. The van der Waals surface area contributed by atoms with E-state index < -0.39 is 17.3 Å². The number of aromatic nitrogens is 4. The summed E-state index contributed by atoms with van der Waals surface area (Å²) in [5.74, 6) is 0.624. The van der Waals surface area contributed by atoms with Crippen molar-refractivity contribution in [3.8, 4) is 23.1 Å². The van der Waals surface area contributed by atoms with Gasteiger partial charge in [-0.2, -0.15) is 9.97 Å². The molecule has 0 radical (unpaired) electrons. The summed E-state index contributed by atoms with van der Waals surface area (Å²) < 4.78 is 26.7. The van der Waals surface area contributed by atoms with Crippen molar-refractivity contribution < 1.29 is 18.7 Å². The minimum absolute atomic E-state index is 0.0521. The highest BCUT2D eigenvalue weighted by Gasteiger charge is 2.49. The van der Waals surface area contributed by atoms with Crippen LogP contribution in [-0.4, -0.2) is 61.3 Å². The van der Waals surface area contributed by atoms with E-state index in [-0.39, 0.29) is 29.6 Å². The molecular formula is C34H31FN6O4. The molecule has 6 heterocycles. The Morgan fingerprint density at radius 3 is 2.98 bits per heavy atom. The minimum Gasteiger partial charge on any atom is -0.508 e. The summed E-state index contributed by atoms with van der Waals surface area (Å²) in [6.07, 6.45) is 4.95. The molecule has 0 saturated carbocycles. The Hall–Kier alpha value is -5.03. The average Bonchev–Trinajstić information content (AvgIpc) is 3.72. The molecule has 6 aromatic rings. The third-order valence-electron chi connectivity index (χ3n) is 9.29. The fourth-order valence-electron chi connectivity index (χ4n) is 7.15. The third kappa shape index (κ3) is 4.65. The molecule has 2 saturated heterocycles. The van der Waals surface area contributed by atoms with Crippen LogP contribution in [0.1, 0.15) is 30.4 Å². The van der Waals surface area contributed by atoms with Crippen molar-refractivity contribution in [3.63, 3.8) is 0 Å². The van der Waals surface area contributed by atoms with Crippen molar-refractivity contribution in [2.75, 3.05) is 25.0 Å². The molecule has 228 valence electrons. The number of benzene rings is 2. The van der Waals surface area contributed by atoms with E-state index >= 15 is 0 Å². The van der Waals surface area contributed by atoms with Crippen molar-refractivity contribution in [3.05, 3.63) is 82.5 Å². The molecule has 0 bridgehead atoms. The van der Waals surface area contributed by atoms with Crippen LogP contribution in [0, 0.1) is 6.92 Å². The van der Waals surface area contributed by atoms with Gasteiger partial charge in [0.25, 0.3) is 0 Å². The van der Waals surface area contributed by atoms with Gasteiger partial charge in [-0.25, -0.2) is 14.2 Å². The van der Waals surface area contributed by atoms with Gasteiger partial charge in [-0.05, 0) is 66.9 Å². The number of phenols is 1. The van der Waals surface area contributed by atoms with Crippen molar-refractivity contribution in [2.24, 2.45) is 0 Å². The maximum atomic E-state index is 14.5. The minimum atomic E-state index is -0.888. The zero-order chi connectivity index (χ0) is 30.7. The lowest BCUT2D eigenvalue weighted by Crippen LogP contribution is -2.43. The normalized spacial score (nSPS) is 19.9. The molecular weight excluding hydrogens is 575 g/mol. The molecule has 4 aromatic heterocycles. The highest BCUT2D eigenvalue weighted by molar-refractivity contribution is 6.00. The zero-order valence-corrected chi connectivity index (χ0v) is 24.6. The van der Waals surface area contributed by atoms with E-state index in [1.165, 1.54) is 0 Å². The molecule has 10 nitrogen and oxygen atoms in total. The Morgan fingerprint density at radius 2 is 2.07 bits per heavy atom. The second-order valence-corrected chi connectivity index (χ2v) is 12.1. The van der Waals surface area contributed by atoms with Gasteiger partial charge < -0.3 is 24.6 Å². The Morgan fingerprint density at radius 1 is 1.20 bits per heavy atom. The molecule has 2 aliphatic rings. The standard InChI is InChI=1S/C34H31FN6O4/c1-19-28-27(32(43)45-29(19)26-13-23(42)12-20-6-2-3-7-24(20)26)31(38-16-21-15-37-30-25(21)8-4-10-36-30)40-33(39-28)44-18-34-9-5-11-41(34)17-22(35)14-34/h2-4,6-8,10,12-13,15,22,42H,5,9,11,14,16-18H2,1H3,(H,36,37)(H,38,39,40)/t22-,34+/m1/s1. The fourth-order valence-corrected chi connectivity index (χ4v) is 7.15. The van der Waals surface area contributed by atoms with E-state index in [4.69, 9.17) is 14.1 Å². The third-order valence-corrected chi connectivity index (χ3v) is 9.29. The highest BCUT2D eigenvalue weighted by atomic mass is 19.1. The van der Waals surface area contributed by atoms with Gasteiger partial charge >= 0.3 is 11.6 Å². The van der Waals surface area contributed by atoms with Gasteiger partial charge in [-0.1, -0.05) is 24.3 Å². The van der Waals surface area contributed by atoms with Crippen LogP contribution in [0.15, 0.2) is 70.1 Å². The molecule has 0 unspecified atom stereocenters. The fraction of sp³-hybridized carbons (Fsp3) is 0.294. The molecule has 0 aliphatic carbocycles. The second-order valence-electron chi connectivity index (χ2n) is 12.1. The maximum absolute atomic E-state index is 14.5.